The lowest BCUT2D eigenvalue weighted by Gasteiger charge is -2.34. The van der Waals surface area contributed by atoms with Crippen molar-refractivity contribution in [1.82, 2.24) is 14.9 Å². The largest absolute Gasteiger partial charge is 0.384 e. The fraction of sp³-hybridized carbons (Fsp3) is 0.417. The Hall–Kier alpha value is -2.33. The van der Waals surface area contributed by atoms with E-state index in [1.165, 1.54) is 29.6 Å². The van der Waals surface area contributed by atoms with Gasteiger partial charge in [-0.05, 0) is 49.1 Å². The fourth-order valence-electron chi connectivity index (χ4n) is 4.79. The van der Waals surface area contributed by atoms with Crippen LogP contribution in [0.1, 0.15) is 37.2 Å². The van der Waals surface area contributed by atoms with E-state index in [1.807, 2.05) is 24.3 Å². The number of carbonyl (C=O) groups is 2. The van der Waals surface area contributed by atoms with Gasteiger partial charge in [0.25, 0.3) is 0 Å². The molecule has 1 fully saturated rings. The first-order valence-electron chi connectivity index (χ1n) is 11.5. The monoisotopic (exact) mass is 538 g/mol. The van der Waals surface area contributed by atoms with Crippen LogP contribution in [0.4, 0.5) is 5.69 Å². The molecule has 35 heavy (non-hydrogen) atoms. The second kappa shape index (κ2) is 10.7. The average molecular weight is 539 g/mol. The number of sulfonamides is 1. The van der Waals surface area contributed by atoms with Gasteiger partial charge in [-0.25, -0.2) is 8.42 Å². The van der Waals surface area contributed by atoms with Crippen LogP contribution in [0.25, 0.3) is 0 Å². The highest BCUT2D eigenvalue weighted by Gasteiger charge is 2.39. The second-order valence-corrected chi connectivity index (χ2v) is 11.6. The number of hydrogen-bond acceptors (Lipinski definition) is 5. The molecule has 3 atom stereocenters. The molecular weight excluding hydrogens is 511 g/mol. The molecule has 2 aliphatic rings. The van der Waals surface area contributed by atoms with Crippen molar-refractivity contribution in [2.75, 3.05) is 25.5 Å². The molecule has 0 spiro atoms. The minimum Gasteiger partial charge on any atom is -0.384 e. The summed E-state index contributed by atoms with van der Waals surface area (Å²) in [5.41, 5.74) is 2.11. The summed E-state index contributed by atoms with van der Waals surface area (Å²) in [7, 11) is -2.52. The molecule has 2 aliphatic heterocycles. The van der Waals surface area contributed by atoms with Gasteiger partial charge in [0.15, 0.2) is 0 Å². The van der Waals surface area contributed by atoms with Gasteiger partial charge < -0.3 is 16.0 Å². The maximum absolute atomic E-state index is 13.4. The molecule has 0 aromatic heterocycles. The Balaban J connectivity index is 1.55. The molecule has 11 heteroatoms. The number of benzene rings is 2. The van der Waals surface area contributed by atoms with E-state index in [4.69, 9.17) is 23.2 Å². The van der Waals surface area contributed by atoms with Crippen LogP contribution in [0.5, 0.6) is 0 Å². The lowest BCUT2D eigenvalue weighted by Crippen LogP contribution is -2.56. The summed E-state index contributed by atoms with van der Waals surface area (Å²) in [6.07, 6.45) is 2.07. The highest BCUT2D eigenvalue weighted by molar-refractivity contribution is 7.89. The van der Waals surface area contributed by atoms with Gasteiger partial charge in [0.1, 0.15) is 12.1 Å². The summed E-state index contributed by atoms with van der Waals surface area (Å²) in [4.78, 5) is 26.0. The number of likely N-dealkylation sites (N-methyl/N-ethyl adjacent to an activating group) is 1. The molecule has 188 valence electrons. The molecule has 2 amide bonds. The smallest absolute Gasteiger partial charge is 0.243 e. The number of piperidine rings is 1. The number of carbonyl (C=O) groups excluding carboxylic acids is 2. The summed E-state index contributed by atoms with van der Waals surface area (Å²) >= 11 is 12.1. The second-order valence-electron chi connectivity index (χ2n) is 8.81. The number of fused-ring (bicyclic) bond motifs is 1. The molecule has 0 saturated carbocycles. The van der Waals surface area contributed by atoms with Crippen molar-refractivity contribution in [2.24, 2.45) is 0 Å². The Morgan fingerprint density at radius 3 is 2.57 bits per heavy atom. The molecule has 0 bridgehead atoms. The van der Waals surface area contributed by atoms with Crippen molar-refractivity contribution in [3.8, 4) is 0 Å². The van der Waals surface area contributed by atoms with Gasteiger partial charge in [-0.2, -0.15) is 4.31 Å². The molecule has 4 rings (SSSR count). The number of anilines is 1. The van der Waals surface area contributed by atoms with Crippen molar-refractivity contribution in [1.29, 1.82) is 0 Å². The molecule has 2 aromatic rings. The maximum atomic E-state index is 13.4. The lowest BCUT2D eigenvalue weighted by atomic mass is 9.93. The first-order valence-corrected chi connectivity index (χ1v) is 13.7. The van der Waals surface area contributed by atoms with Gasteiger partial charge in [-0.15, -0.1) is 0 Å². The maximum Gasteiger partial charge on any atom is 0.243 e. The topological polar surface area (TPSA) is 108 Å². The van der Waals surface area contributed by atoms with E-state index < -0.39 is 28.0 Å². The predicted octanol–water partition coefficient (Wildman–Crippen LogP) is 3.37. The average Bonchev–Trinajstić information content (AvgIpc) is 3.25. The molecule has 3 N–H and O–H groups in total. The summed E-state index contributed by atoms with van der Waals surface area (Å²) < 4.78 is 28.1. The molecule has 0 aliphatic carbocycles. The normalized spacial score (nSPS) is 21.0. The third-order valence-electron chi connectivity index (χ3n) is 6.54. The van der Waals surface area contributed by atoms with E-state index in [0.29, 0.717) is 32.2 Å². The van der Waals surface area contributed by atoms with Crippen LogP contribution in [0, 0.1) is 0 Å². The van der Waals surface area contributed by atoms with Crippen LogP contribution < -0.4 is 16.0 Å². The van der Waals surface area contributed by atoms with E-state index in [9.17, 15) is 18.0 Å². The van der Waals surface area contributed by atoms with Crippen LogP contribution in [0.2, 0.25) is 10.0 Å². The van der Waals surface area contributed by atoms with Crippen LogP contribution in [-0.2, 0) is 19.6 Å². The molecule has 1 saturated heterocycles. The van der Waals surface area contributed by atoms with Crippen LogP contribution in [-0.4, -0.2) is 56.8 Å². The SMILES string of the molecule is CNC(=O)[C@H](CC1CNc2ccccc21)NC(=O)C1CCCCN1S(=O)(=O)c1cc(Cl)cc(Cl)c1. The Kier molecular flexibility index (Phi) is 7.90. The van der Waals surface area contributed by atoms with E-state index in [1.54, 1.807) is 0 Å². The number of rotatable bonds is 7. The van der Waals surface area contributed by atoms with Gasteiger partial charge in [0.05, 0.1) is 4.90 Å². The van der Waals surface area contributed by atoms with Gasteiger partial charge >= 0.3 is 0 Å². The Morgan fingerprint density at radius 2 is 1.86 bits per heavy atom. The number of amides is 2. The van der Waals surface area contributed by atoms with E-state index in [-0.39, 0.29) is 33.3 Å². The van der Waals surface area contributed by atoms with Gasteiger partial charge in [-0.1, -0.05) is 47.8 Å². The summed E-state index contributed by atoms with van der Waals surface area (Å²) in [6.45, 7) is 0.845. The zero-order valence-corrected chi connectivity index (χ0v) is 21.6. The Bertz CT molecular complexity index is 1200. The first kappa shape index (κ1) is 25.8. The van der Waals surface area contributed by atoms with Gasteiger partial charge in [-0.3, -0.25) is 9.59 Å². The van der Waals surface area contributed by atoms with Crippen molar-refractivity contribution < 1.29 is 18.0 Å². The quantitative estimate of drug-likeness (QED) is 0.500. The van der Waals surface area contributed by atoms with Crippen molar-refractivity contribution in [3.63, 3.8) is 0 Å². The fourth-order valence-corrected chi connectivity index (χ4v) is 7.18. The summed E-state index contributed by atoms with van der Waals surface area (Å²) in [5, 5.41) is 9.17. The van der Waals surface area contributed by atoms with Gasteiger partial charge in [0, 0.05) is 41.8 Å². The predicted molar refractivity (Wildman–Crippen MR) is 136 cm³/mol. The van der Waals surface area contributed by atoms with Gasteiger partial charge in [0.2, 0.25) is 21.8 Å². The standard InChI is InChI=1S/C24H28Cl2N4O4S/c1-27-23(31)21(10-15-14-28-20-7-3-2-6-19(15)20)29-24(32)22-8-4-5-9-30(22)35(33,34)18-12-16(25)11-17(26)13-18/h2-3,6-7,11-13,15,21-22,28H,4-5,8-10,14H2,1H3,(H,27,31)(H,29,32)/t15?,21-,22?/m0/s1. The first-order chi connectivity index (χ1) is 16.7. The van der Waals surface area contributed by atoms with E-state index >= 15 is 0 Å². The number of nitrogens with one attached hydrogen (secondary N) is 3. The van der Waals surface area contributed by atoms with Crippen LogP contribution >= 0.6 is 23.2 Å². The number of halogens is 2. The molecule has 0 radical (unpaired) electrons. The minimum atomic E-state index is -4.03. The molecule has 2 heterocycles. The minimum absolute atomic E-state index is 0.0357. The summed E-state index contributed by atoms with van der Waals surface area (Å²) in [5.74, 6) is -0.780. The van der Waals surface area contributed by atoms with E-state index in [0.717, 1.165) is 11.3 Å². The number of hydrogen-bond donors (Lipinski definition) is 3. The van der Waals surface area contributed by atoms with E-state index in [2.05, 4.69) is 16.0 Å². The molecule has 2 unspecified atom stereocenters. The van der Waals surface area contributed by atoms with Crippen LogP contribution in [0.3, 0.4) is 0 Å². The highest BCUT2D eigenvalue weighted by atomic mass is 35.5. The summed E-state index contributed by atoms with van der Waals surface area (Å²) in [6, 6.07) is 10.2. The zero-order valence-electron chi connectivity index (χ0n) is 19.3. The highest BCUT2D eigenvalue weighted by Crippen LogP contribution is 2.34. The van der Waals surface area contributed by atoms with Crippen molar-refractivity contribution in [2.45, 2.75) is 48.6 Å². The lowest BCUT2D eigenvalue weighted by molar-refractivity contribution is -0.131. The zero-order chi connectivity index (χ0) is 25.2. The molecule has 8 nitrogen and oxygen atoms in total. The number of nitrogens with zero attached hydrogens (tertiary/aromatic N) is 1. The molecular formula is C24H28Cl2N4O4S. The third-order valence-corrected chi connectivity index (χ3v) is 8.86. The third kappa shape index (κ3) is 5.58. The molecule has 2 aromatic carbocycles. The van der Waals surface area contributed by atoms with Crippen molar-refractivity contribution in [3.05, 3.63) is 58.1 Å². The van der Waals surface area contributed by atoms with Crippen molar-refractivity contribution >= 4 is 50.7 Å². The number of para-hydroxylation sites is 1. The van der Waals surface area contributed by atoms with Crippen LogP contribution in [0.15, 0.2) is 47.4 Å². The Morgan fingerprint density at radius 1 is 1.14 bits per heavy atom. The Labute approximate surface area is 215 Å².